The van der Waals surface area contributed by atoms with Crippen LogP contribution in [0, 0.1) is 12.8 Å². The fraction of sp³-hybridized carbons (Fsp3) is 0.333. The average molecular weight is 553 g/mol. The third-order valence-corrected chi connectivity index (χ3v) is 8.23. The summed E-state index contributed by atoms with van der Waals surface area (Å²) < 4.78 is 5.33. The molecule has 0 aromatic heterocycles. The number of likely N-dealkylation sites (tertiary alicyclic amines) is 1. The molecule has 0 bridgehead atoms. The van der Waals surface area contributed by atoms with E-state index in [0.29, 0.717) is 41.8 Å². The Morgan fingerprint density at radius 1 is 0.868 bits per heavy atom. The second kappa shape index (κ2) is 11.3. The number of hydrogen-bond acceptors (Lipinski definition) is 4. The quantitative estimate of drug-likeness (QED) is 0.419. The second-order valence-electron chi connectivity index (χ2n) is 9.92. The molecule has 8 heteroatoms. The van der Waals surface area contributed by atoms with Gasteiger partial charge in [-0.05, 0) is 54.4 Å². The van der Waals surface area contributed by atoms with Gasteiger partial charge in [0.15, 0.2) is 0 Å². The lowest BCUT2D eigenvalue weighted by molar-refractivity contribution is -0.135. The molecule has 38 heavy (non-hydrogen) atoms. The summed E-state index contributed by atoms with van der Waals surface area (Å²) in [4.78, 5) is 33.5. The summed E-state index contributed by atoms with van der Waals surface area (Å²) in [6.45, 7) is 5.74. The van der Waals surface area contributed by atoms with Crippen LogP contribution >= 0.6 is 23.2 Å². The first-order valence-corrected chi connectivity index (χ1v) is 13.6. The number of methoxy groups -OCH3 is 1. The number of benzene rings is 3. The number of para-hydroxylation sites is 1. The molecule has 0 saturated carbocycles. The predicted octanol–water partition coefficient (Wildman–Crippen LogP) is 5.52. The van der Waals surface area contributed by atoms with E-state index in [1.165, 1.54) is 11.3 Å². The fourth-order valence-corrected chi connectivity index (χ4v) is 6.05. The number of piperazine rings is 1. The number of halogens is 2. The van der Waals surface area contributed by atoms with E-state index in [1.54, 1.807) is 30.2 Å². The maximum atomic E-state index is 13.9. The summed E-state index contributed by atoms with van der Waals surface area (Å²) in [6.07, 6.45) is 0. The number of hydrogen-bond donors (Lipinski definition) is 0. The van der Waals surface area contributed by atoms with Crippen molar-refractivity contribution >= 4 is 40.7 Å². The molecule has 2 aliphatic rings. The van der Waals surface area contributed by atoms with Crippen molar-refractivity contribution in [2.24, 2.45) is 5.92 Å². The Morgan fingerprint density at radius 3 is 2.24 bits per heavy atom. The first-order chi connectivity index (χ1) is 18.4. The third-order valence-electron chi connectivity index (χ3n) is 7.68. The number of anilines is 1. The van der Waals surface area contributed by atoms with Gasteiger partial charge in [0.1, 0.15) is 5.75 Å². The van der Waals surface area contributed by atoms with Gasteiger partial charge in [-0.15, -0.1) is 0 Å². The monoisotopic (exact) mass is 551 g/mol. The summed E-state index contributed by atoms with van der Waals surface area (Å²) in [7, 11) is 1.63. The predicted molar refractivity (Wildman–Crippen MR) is 152 cm³/mol. The molecule has 3 aromatic carbocycles. The number of aryl methyl sites for hydroxylation is 1. The van der Waals surface area contributed by atoms with Crippen molar-refractivity contribution in [3.8, 4) is 5.75 Å². The number of carbonyl (C=O) groups excluding carboxylic acids is 2. The molecule has 2 aliphatic heterocycles. The molecule has 0 N–H and O–H groups in total. The molecule has 0 spiro atoms. The number of amides is 2. The highest BCUT2D eigenvalue weighted by Gasteiger charge is 2.43. The molecular formula is C30H31Cl2N3O3. The topological polar surface area (TPSA) is 53.1 Å². The smallest absolute Gasteiger partial charge is 0.255 e. The van der Waals surface area contributed by atoms with E-state index >= 15 is 0 Å². The standard InChI is InChI=1S/C30H31Cl2N3O3/c1-20-5-3-4-6-28(20)33-13-15-34(16-14-33)30(37)26-19-35(29(36)24-12-9-22(31)17-27(24)32)18-25(26)21-7-10-23(38-2)11-8-21/h3-12,17,25-26H,13-16,18-19H2,1-2H3/t25-,26+/m1/s1. The van der Waals surface area contributed by atoms with Gasteiger partial charge in [0.25, 0.3) is 5.91 Å². The van der Waals surface area contributed by atoms with Crippen LogP contribution in [0.4, 0.5) is 5.69 Å². The van der Waals surface area contributed by atoms with Gasteiger partial charge >= 0.3 is 0 Å². The van der Waals surface area contributed by atoms with Gasteiger partial charge < -0.3 is 19.4 Å². The van der Waals surface area contributed by atoms with Crippen LogP contribution in [0.15, 0.2) is 66.7 Å². The minimum atomic E-state index is -0.344. The summed E-state index contributed by atoms with van der Waals surface area (Å²) in [5.74, 6) is 0.182. The highest BCUT2D eigenvalue weighted by molar-refractivity contribution is 6.36. The molecule has 0 aliphatic carbocycles. The zero-order valence-electron chi connectivity index (χ0n) is 21.6. The van der Waals surface area contributed by atoms with Crippen LogP contribution in [0.1, 0.15) is 27.4 Å². The molecule has 198 valence electrons. The molecule has 6 nitrogen and oxygen atoms in total. The number of ether oxygens (including phenoxy) is 1. The van der Waals surface area contributed by atoms with Crippen LogP contribution in [0.2, 0.25) is 10.0 Å². The van der Waals surface area contributed by atoms with Crippen LogP contribution in [0.5, 0.6) is 5.75 Å². The van der Waals surface area contributed by atoms with Crippen molar-refractivity contribution in [2.45, 2.75) is 12.8 Å². The largest absolute Gasteiger partial charge is 0.497 e. The zero-order chi connectivity index (χ0) is 26.8. The maximum Gasteiger partial charge on any atom is 0.255 e. The van der Waals surface area contributed by atoms with Gasteiger partial charge in [0.05, 0.1) is 23.6 Å². The van der Waals surface area contributed by atoms with Crippen molar-refractivity contribution in [2.75, 3.05) is 51.3 Å². The van der Waals surface area contributed by atoms with Gasteiger partial charge in [-0.1, -0.05) is 53.5 Å². The lowest BCUT2D eigenvalue weighted by Gasteiger charge is -2.38. The molecule has 2 saturated heterocycles. The Kier molecular flexibility index (Phi) is 7.82. The lowest BCUT2D eigenvalue weighted by Crippen LogP contribution is -2.51. The van der Waals surface area contributed by atoms with E-state index in [4.69, 9.17) is 27.9 Å². The van der Waals surface area contributed by atoms with E-state index in [2.05, 4.69) is 30.0 Å². The third kappa shape index (κ3) is 5.33. The Bertz CT molecular complexity index is 1320. The van der Waals surface area contributed by atoms with E-state index < -0.39 is 0 Å². The average Bonchev–Trinajstić information content (AvgIpc) is 3.38. The maximum absolute atomic E-state index is 13.9. The molecule has 3 aromatic rings. The van der Waals surface area contributed by atoms with Gasteiger partial charge in [0.2, 0.25) is 5.91 Å². The van der Waals surface area contributed by atoms with Crippen LogP contribution < -0.4 is 9.64 Å². The molecular weight excluding hydrogens is 521 g/mol. The SMILES string of the molecule is COc1ccc([C@H]2CN(C(=O)c3ccc(Cl)cc3Cl)C[C@@H]2C(=O)N2CCN(c3ccccc3C)CC2)cc1. The van der Waals surface area contributed by atoms with E-state index in [-0.39, 0.29) is 23.7 Å². The first kappa shape index (κ1) is 26.4. The van der Waals surface area contributed by atoms with E-state index in [1.807, 2.05) is 35.2 Å². The van der Waals surface area contributed by atoms with Crippen LogP contribution in [0.3, 0.4) is 0 Å². The van der Waals surface area contributed by atoms with Gasteiger partial charge in [-0.25, -0.2) is 0 Å². The van der Waals surface area contributed by atoms with Crippen molar-refractivity contribution in [3.05, 3.63) is 93.5 Å². The number of rotatable bonds is 5. The summed E-state index contributed by atoms with van der Waals surface area (Å²) >= 11 is 12.4. The molecule has 2 fully saturated rings. The van der Waals surface area contributed by atoms with Gasteiger partial charge in [-0.2, -0.15) is 0 Å². The first-order valence-electron chi connectivity index (χ1n) is 12.8. The van der Waals surface area contributed by atoms with Crippen molar-refractivity contribution in [1.82, 2.24) is 9.80 Å². The normalized spacial score (nSPS) is 19.5. The van der Waals surface area contributed by atoms with Crippen LogP contribution in [0.25, 0.3) is 0 Å². The second-order valence-corrected chi connectivity index (χ2v) is 10.8. The highest BCUT2D eigenvalue weighted by Crippen LogP contribution is 2.37. The molecule has 2 amide bonds. The zero-order valence-corrected chi connectivity index (χ0v) is 23.1. The van der Waals surface area contributed by atoms with E-state index in [9.17, 15) is 9.59 Å². The lowest BCUT2D eigenvalue weighted by atomic mass is 9.87. The summed E-state index contributed by atoms with van der Waals surface area (Å²) in [5, 5.41) is 0.785. The Labute approximate surface area is 233 Å². The minimum Gasteiger partial charge on any atom is -0.497 e. The molecule has 2 heterocycles. The highest BCUT2D eigenvalue weighted by atomic mass is 35.5. The summed E-state index contributed by atoms with van der Waals surface area (Å²) in [5.41, 5.74) is 3.86. The van der Waals surface area contributed by atoms with Gasteiger partial charge in [0, 0.05) is 55.9 Å². The Balaban J connectivity index is 1.36. The minimum absolute atomic E-state index is 0.0905. The van der Waals surface area contributed by atoms with Crippen LogP contribution in [-0.4, -0.2) is 68.0 Å². The summed E-state index contributed by atoms with van der Waals surface area (Å²) in [6, 6.07) is 21.0. The van der Waals surface area contributed by atoms with Crippen molar-refractivity contribution in [1.29, 1.82) is 0 Å². The molecule has 0 radical (unpaired) electrons. The molecule has 2 atom stereocenters. The van der Waals surface area contributed by atoms with Crippen LogP contribution in [-0.2, 0) is 4.79 Å². The number of carbonyl (C=O) groups is 2. The Hall–Kier alpha value is -3.22. The fourth-order valence-electron chi connectivity index (χ4n) is 5.56. The van der Waals surface area contributed by atoms with Gasteiger partial charge in [-0.3, -0.25) is 9.59 Å². The molecule has 0 unspecified atom stereocenters. The van der Waals surface area contributed by atoms with Crippen molar-refractivity contribution < 1.29 is 14.3 Å². The van der Waals surface area contributed by atoms with E-state index in [0.717, 1.165) is 24.4 Å². The van der Waals surface area contributed by atoms with Crippen molar-refractivity contribution in [3.63, 3.8) is 0 Å². The Morgan fingerprint density at radius 2 is 1.58 bits per heavy atom. The molecule has 5 rings (SSSR count). The number of nitrogens with zero attached hydrogens (tertiary/aromatic N) is 3.